The Morgan fingerprint density at radius 1 is 1.35 bits per heavy atom. The lowest BCUT2D eigenvalue weighted by molar-refractivity contribution is 0.0697. The van der Waals surface area contributed by atoms with E-state index in [2.05, 4.69) is 6.92 Å². The Morgan fingerprint density at radius 3 is 2.55 bits per heavy atom. The van der Waals surface area contributed by atoms with Gasteiger partial charge in [-0.05, 0) is 50.8 Å². The predicted molar refractivity (Wildman–Crippen MR) is 80.9 cm³/mol. The van der Waals surface area contributed by atoms with Crippen LogP contribution in [-0.4, -0.2) is 30.0 Å². The summed E-state index contributed by atoms with van der Waals surface area (Å²) in [6, 6.07) is 5.31. The molecule has 110 valence electrons. The molecule has 4 nitrogen and oxygen atoms in total. The minimum Gasteiger partial charge on any atom is -0.489 e. The minimum absolute atomic E-state index is 0.0692. The van der Waals surface area contributed by atoms with Crippen molar-refractivity contribution in [2.24, 2.45) is 5.92 Å². The van der Waals surface area contributed by atoms with E-state index < -0.39 is 0 Å². The van der Waals surface area contributed by atoms with Crippen LogP contribution in [0.4, 0.5) is 5.69 Å². The van der Waals surface area contributed by atoms with E-state index in [4.69, 9.17) is 10.5 Å². The van der Waals surface area contributed by atoms with Crippen LogP contribution in [0.2, 0.25) is 0 Å². The van der Waals surface area contributed by atoms with Crippen molar-refractivity contribution in [3.63, 3.8) is 0 Å². The molecular weight excluding hydrogens is 252 g/mol. The summed E-state index contributed by atoms with van der Waals surface area (Å²) < 4.78 is 5.59. The molecule has 0 aliphatic carbocycles. The standard InChI is InChI=1S/C16H24N2O2/c1-11(2)20-15-5-4-13(10-14(15)17)16(19)18-8-6-12(3)7-9-18/h4-5,10-12H,6-9,17H2,1-3H3. The number of nitrogens with zero attached hydrogens (tertiary/aromatic N) is 1. The quantitative estimate of drug-likeness (QED) is 0.864. The maximum Gasteiger partial charge on any atom is 0.253 e. The van der Waals surface area contributed by atoms with E-state index in [0.717, 1.165) is 25.9 Å². The van der Waals surface area contributed by atoms with E-state index in [1.54, 1.807) is 18.2 Å². The topological polar surface area (TPSA) is 55.6 Å². The molecule has 1 heterocycles. The van der Waals surface area contributed by atoms with Gasteiger partial charge in [-0.1, -0.05) is 6.92 Å². The van der Waals surface area contributed by atoms with E-state index in [1.165, 1.54) is 0 Å². The first-order chi connectivity index (χ1) is 9.47. The number of rotatable bonds is 3. The van der Waals surface area contributed by atoms with Crippen LogP contribution in [0.5, 0.6) is 5.75 Å². The number of likely N-dealkylation sites (tertiary alicyclic amines) is 1. The molecular formula is C16H24N2O2. The van der Waals surface area contributed by atoms with Crippen LogP contribution in [0.1, 0.15) is 44.0 Å². The normalized spacial score (nSPS) is 16.5. The molecule has 0 saturated carbocycles. The van der Waals surface area contributed by atoms with Crippen LogP contribution < -0.4 is 10.5 Å². The van der Waals surface area contributed by atoms with Crippen molar-refractivity contribution in [2.75, 3.05) is 18.8 Å². The van der Waals surface area contributed by atoms with Gasteiger partial charge in [0.25, 0.3) is 5.91 Å². The van der Waals surface area contributed by atoms with Crippen LogP contribution in [0.15, 0.2) is 18.2 Å². The first kappa shape index (κ1) is 14.7. The third-order valence-corrected chi connectivity index (χ3v) is 3.69. The average molecular weight is 276 g/mol. The third kappa shape index (κ3) is 3.44. The second-order valence-corrected chi connectivity index (χ2v) is 5.89. The van der Waals surface area contributed by atoms with E-state index >= 15 is 0 Å². The number of carbonyl (C=O) groups is 1. The summed E-state index contributed by atoms with van der Waals surface area (Å²) in [5.74, 6) is 1.43. The van der Waals surface area contributed by atoms with E-state index in [-0.39, 0.29) is 12.0 Å². The summed E-state index contributed by atoms with van der Waals surface area (Å²) in [4.78, 5) is 14.3. The van der Waals surface area contributed by atoms with Crippen LogP contribution in [0.25, 0.3) is 0 Å². The molecule has 20 heavy (non-hydrogen) atoms. The number of ether oxygens (including phenoxy) is 1. The minimum atomic E-state index is 0.0692. The molecule has 2 rings (SSSR count). The maximum atomic E-state index is 12.4. The number of nitrogen functional groups attached to an aromatic ring is 1. The highest BCUT2D eigenvalue weighted by Crippen LogP contribution is 2.25. The molecule has 1 aliphatic heterocycles. The van der Waals surface area contributed by atoms with Gasteiger partial charge in [-0.2, -0.15) is 0 Å². The summed E-state index contributed by atoms with van der Waals surface area (Å²) in [6.45, 7) is 7.81. The molecule has 0 radical (unpaired) electrons. The van der Waals surface area contributed by atoms with Gasteiger partial charge in [-0.3, -0.25) is 4.79 Å². The Hall–Kier alpha value is -1.71. The monoisotopic (exact) mass is 276 g/mol. The smallest absolute Gasteiger partial charge is 0.253 e. The molecule has 0 spiro atoms. The van der Waals surface area contributed by atoms with Crippen LogP contribution in [0, 0.1) is 5.92 Å². The Morgan fingerprint density at radius 2 is 2.00 bits per heavy atom. The van der Waals surface area contributed by atoms with Crippen LogP contribution in [-0.2, 0) is 0 Å². The highest BCUT2D eigenvalue weighted by molar-refractivity contribution is 5.95. The van der Waals surface area contributed by atoms with Gasteiger partial charge in [0.2, 0.25) is 0 Å². The van der Waals surface area contributed by atoms with Crippen LogP contribution >= 0.6 is 0 Å². The fourth-order valence-corrected chi connectivity index (χ4v) is 2.44. The average Bonchev–Trinajstić information content (AvgIpc) is 2.41. The molecule has 2 N–H and O–H groups in total. The zero-order valence-corrected chi connectivity index (χ0v) is 12.6. The number of nitrogens with two attached hydrogens (primary N) is 1. The summed E-state index contributed by atoms with van der Waals surface area (Å²) >= 11 is 0. The molecule has 0 bridgehead atoms. The Bertz CT molecular complexity index is 477. The molecule has 0 aromatic heterocycles. The predicted octanol–water partition coefficient (Wildman–Crippen LogP) is 2.93. The van der Waals surface area contributed by atoms with Gasteiger partial charge in [-0.15, -0.1) is 0 Å². The third-order valence-electron chi connectivity index (χ3n) is 3.69. The second-order valence-electron chi connectivity index (χ2n) is 5.89. The van der Waals surface area contributed by atoms with Crippen LogP contribution in [0.3, 0.4) is 0 Å². The highest BCUT2D eigenvalue weighted by atomic mass is 16.5. The number of anilines is 1. The van der Waals surface area contributed by atoms with Crippen molar-refractivity contribution < 1.29 is 9.53 Å². The Labute approximate surface area is 120 Å². The summed E-state index contributed by atoms with van der Waals surface area (Å²) in [7, 11) is 0. The van der Waals surface area contributed by atoms with Crippen molar-refractivity contribution in [2.45, 2.75) is 39.7 Å². The second kappa shape index (κ2) is 6.16. The SMILES string of the molecule is CC1CCN(C(=O)c2ccc(OC(C)C)c(N)c2)CC1. The number of piperidine rings is 1. The molecule has 1 saturated heterocycles. The van der Waals surface area contributed by atoms with Gasteiger partial charge in [0, 0.05) is 18.7 Å². The Kier molecular flexibility index (Phi) is 4.53. The number of hydrogen-bond donors (Lipinski definition) is 1. The largest absolute Gasteiger partial charge is 0.489 e. The molecule has 1 aromatic carbocycles. The number of amides is 1. The number of hydrogen-bond acceptors (Lipinski definition) is 3. The van der Waals surface area contributed by atoms with Crippen molar-refractivity contribution in [3.8, 4) is 5.75 Å². The van der Waals surface area contributed by atoms with Crippen molar-refractivity contribution in [1.29, 1.82) is 0 Å². The molecule has 4 heteroatoms. The van der Waals surface area contributed by atoms with E-state index in [0.29, 0.717) is 22.9 Å². The highest BCUT2D eigenvalue weighted by Gasteiger charge is 2.21. The molecule has 1 aromatic rings. The maximum absolute atomic E-state index is 12.4. The molecule has 1 aliphatic rings. The zero-order valence-electron chi connectivity index (χ0n) is 12.6. The first-order valence-electron chi connectivity index (χ1n) is 7.33. The van der Waals surface area contributed by atoms with E-state index in [9.17, 15) is 4.79 Å². The van der Waals surface area contributed by atoms with Gasteiger partial charge in [-0.25, -0.2) is 0 Å². The summed E-state index contributed by atoms with van der Waals surface area (Å²) in [5.41, 5.74) is 7.13. The summed E-state index contributed by atoms with van der Waals surface area (Å²) in [5, 5.41) is 0. The first-order valence-corrected chi connectivity index (χ1v) is 7.33. The molecule has 1 fully saturated rings. The van der Waals surface area contributed by atoms with Gasteiger partial charge < -0.3 is 15.4 Å². The van der Waals surface area contributed by atoms with Crippen molar-refractivity contribution >= 4 is 11.6 Å². The van der Waals surface area contributed by atoms with Gasteiger partial charge in [0.15, 0.2) is 0 Å². The fourth-order valence-electron chi connectivity index (χ4n) is 2.44. The van der Waals surface area contributed by atoms with Gasteiger partial charge >= 0.3 is 0 Å². The molecule has 1 amide bonds. The fraction of sp³-hybridized carbons (Fsp3) is 0.562. The number of benzene rings is 1. The van der Waals surface area contributed by atoms with Crippen molar-refractivity contribution in [3.05, 3.63) is 23.8 Å². The summed E-state index contributed by atoms with van der Waals surface area (Å²) in [6.07, 6.45) is 2.23. The Balaban J connectivity index is 2.09. The van der Waals surface area contributed by atoms with Gasteiger partial charge in [0.05, 0.1) is 11.8 Å². The zero-order chi connectivity index (χ0) is 14.7. The number of carbonyl (C=O) groups excluding carboxylic acids is 1. The molecule has 0 atom stereocenters. The van der Waals surface area contributed by atoms with Crippen molar-refractivity contribution in [1.82, 2.24) is 4.90 Å². The van der Waals surface area contributed by atoms with Gasteiger partial charge in [0.1, 0.15) is 5.75 Å². The lowest BCUT2D eigenvalue weighted by atomic mass is 9.98. The lowest BCUT2D eigenvalue weighted by Gasteiger charge is -2.30. The van der Waals surface area contributed by atoms with E-state index in [1.807, 2.05) is 18.7 Å². The molecule has 0 unspecified atom stereocenters. The lowest BCUT2D eigenvalue weighted by Crippen LogP contribution is -2.37.